The van der Waals surface area contributed by atoms with Crippen LogP contribution in [-0.2, 0) is 6.42 Å². The van der Waals surface area contributed by atoms with Crippen molar-refractivity contribution in [3.63, 3.8) is 0 Å². The van der Waals surface area contributed by atoms with Crippen molar-refractivity contribution < 1.29 is 9.53 Å². The summed E-state index contributed by atoms with van der Waals surface area (Å²) >= 11 is 1.67. The number of benzene rings is 1. The standard InChI is InChI=1S/C27H35N5O2S/c1-4-5-6-10-25-29-18-23-26(30-25)31(3)14-15-32(27(23)33)21-8-7-9-22(17-21)34-24(11-13-28-2)20-12-16-35-19-20/h7-9,12,16-19,24,28H,4-6,10-11,13-15H2,1-3H3/t24-/m0/s1. The number of nitrogens with zero attached hydrogens (tertiary/aromatic N) is 4. The zero-order chi connectivity index (χ0) is 24.6. The number of unbranched alkanes of at least 4 members (excludes halogenated alkanes) is 2. The molecule has 1 aromatic carbocycles. The van der Waals surface area contributed by atoms with E-state index in [1.54, 1.807) is 17.5 Å². The zero-order valence-electron chi connectivity index (χ0n) is 20.9. The van der Waals surface area contributed by atoms with E-state index in [0.29, 0.717) is 18.7 Å². The second-order valence-corrected chi connectivity index (χ2v) is 9.69. The van der Waals surface area contributed by atoms with Gasteiger partial charge in [-0.1, -0.05) is 25.8 Å². The molecule has 1 atom stereocenters. The van der Waals surface area contributed by atoms with E-state index < -0.39 is 0 Å². The molecule has 0 saturated carbocycles. The Labute approximate surface area is 212 Å². The van der Waals surface area contributed by atoms with Crippen LogP contribution in [0.3, 0.4) is 0 Å². The summed E-state index contributed by atoms with van der Waals surface area (Å²) < 4.78 is 6.41. The maximum absolute atomic E-state index is 13.6. The lowest BCUT2D eigenvalue weighted by atomic mass is 10.1. The predicted molar refractivity (Wildman–Crippen MR) is 143 cm³/mol. The van der Waals surface area contributed by atoms with Crippen LogP contribution < -0.4 is 19.9 Å². The number of anilines is 2. The molecule has 1 aliphatic heterocycles. The maximum atomic E-state index is 13.6. The molecule has 3 aromatic rings. The highest BCUT2D eigenvalue weighted by atomic mass is 32.1. The van der Waals surface area contributed by atoms with E-state index in [1.165, 1.54) is 5.56 Å². The van der Waals surface area contributed by atoms with Crippen LogP contribution in [0.1, 0.15) is 60.5 Å². The van der Waals surface area contributed by atoms with Gasteiger partial charge in [-0.2, -0.15) is 11.3 Å². The van der Waals surface area contributed by atoms with Gasteiger partial charge in [0.2, 0.25) is 0 Å². The molecule has 0 fully saturated rings. The number of rotatable bonds is 11. The van der Waals surface area contributed by atoms with Crippen LogP contribution in [0.15, 0.2) is 47.3 Å². The van der Waals surface area contributed by atoms with E-state index >= 15 is 0 Å². The number of nitrogens with one attached hydrogen (secondary N) is 1. The molecule has 1 N–H and O–H groups in total. The molecule has 0 aliphatic carbocycles. The van der Waals surface area contributed by atoms with Gasteiger partial charge in [-0.25, -0.2) is 9.97 Å². The quantitative estimate of drug-likeness (QED) is 0.375. The van der Waals surface area contributed by atoms with Gasteiger partial charge in [0, 0.05) is 56.5 Å². The minimum absolute atomic E-state index is 0.0461. The summed E-state index contributed by atoms with van der Waals surface area (Å²) in [4.78, 5) is 26.7. The summed E-state index contributed by atoms with van der Waals surface area (Å²) in [5.74, 6) is 2.20. The highest BCUT2D eigenvalue weighted by molar-refractivity contribution is 7.07. The number of carbonyl (C=O) groups is 1. The molecule has 0 spiro atoms. The number of aromatic nitrogens is 2. The monoisotopic (exact) mass is 493 g/mol. The number of hydrogen-bond acceptors (Lipinski definition) is 7. The Balaban J connectivity index is 1.55. The van der Waals surface area contributed by atoms with Crippen molar-refractivity contribution in [3.8, 4) is 5.75 Å². The van der Waals surface area contributed by atoms with Gasteiger partial charge in [-0.15, -0.1) is 0 Å². The molecule has 4 rings (SSSR count). The number of aryl methyl sites for hydroxylation is 1. The van der Waals surface area contributed by atoms with Gasteiger partial charge < -0.3 is 19.9 Å². The van der Waals surface area contributed by atoms with E-state index in [2.05, 4.69) is 39.0 Å². The topological polar surface area (TPSA) is 70.6 Å². The smallest absolute Gasteiger partial charge is 0.263 e. The molecule has 3 heterocycles. The van der Waals surface area contributed by atoms with E-state index in [4.69, 9.17) is 9.72 Å². The van der Waals surface area contributed by atoms with Crippen LogP contribution in [0.4, 0.5) is 11.5 Å². The molecular formula is C27H35N5O2S. The number of ether oxygens (including phenoxy) is 1. The second kappa shape index (κ2) is 12.1. The third-order valence-electron chi connectivity index (χ3n) is 6.30. The van der Waals surface area contributed by atoms with Crippen LogP contribution in [-0.4, -0.2) is 49.6 Å². The Morgan fingerprint density at radius 2 is 2.11 bits per heavy atom. The number of carbonyl (C=O) groups excluding carboxylic acids is 1. The first kappa shape index (κ1) is 25.1. The van der Waals surface area contributed by atoms with Gasteiger partial charge in [0.1, 0.15) is 29.1 Å². The number of fused-ring (bicyclic) bond motifs is 1. The predicted octanol–water partition coefficient (Wildman–Crippen LogP) is 5.10. The lowest BCUT2D eigenvalue weighted by Crippen LogP contribution is -2.33. The van der Waals surface area contributed by atoms with Crippen molar-refractivity contribution in [1.29, 1.82) is 0 Å². The molecule has 0 radical (unpaired) electrons. The van der Waals surface area contributed by atoms with Crippen LogP contribution >= 0.6 is 11.3 Å². The number of amides is 1. The van der Waals surface area contributed by atoms with E-state index in [0.717, 1.165) is 61.7 Å². The molecule has 8 heteroatoms. The Kier molecular flexibility index (Phi) is 8.71. The lowest BCUT2D eigenvalue weighted by molar-refractivity contribution is 0.0989. The van der Waals surface area contributed by atoms with Crippen molar-refractivity contribution in [2.45, 2.75) is 45.1 Å². The van der Waals surface area contributed by atoms with Gasteiger partial charge in [0.05, 0.1) is 0 Å². The first-order chi connectivity index (χ1) is 17.1. The highest BCUT2D eigenvalue weighted by Gasteiger charge is 2.28. The number of thiophene rings is 1. The Hall–Kier alpha value is -2.97. The summed E-state index contributed by atoms with van der Waals surface area (Å²) in [6, 6.07) is 9.93. The summed E-state index contributed by atoms with van der Waals surface area (Å²) in [6.07, 6.45) is 6.73. The Morgan fingerprint density at radius 1 is 1.23 bits per heavy atom. The minimum atomic E-state index is -0.0776. The van der Waals surface area contributed by atoms with Crippen LogP contribution in [0.2, 0.25) is 0 Å². The summed E-state index contributed by atoms with van der Waals surface area (Å²) in [7, 11) is 3.94. The first-order valence-electron chi connectivity index (χ1n) is 12.4. The maximum Gasteiger partial charge on any atom is 0.263 e. The van der Waals surface area contributed by atoms with Crippen molar-refractivity contribution in [3.05, 3.63) is 64.2 Å². The number of hydrogen-bond donors (Lipinski definition) is 1. The third kappa shape index (κ3) is 6.18. The van der Waals surface area contributed by atoms with Gasteiger partial charge in [0.25, 0.3) is 5.91 Å². The fraction of sp³-hybridized carbons (Fsp3) is 0.444. The molecule has 0 saturated heterocycles. The van der Waals surface area contributed by atoms with Gasteiger partial charge in [-0.05, 0) is 49.0 Å². The van der Waals surface area contributed by atoms with Gasteiger partial charge in [-0.3, -0.25) is 4.79 Å². The average molecular weight is 494 g/mol. The molecule has 35 heavy (non-hydrogen) atoms. The summed E-state index contributed by atoms with van der Waals surface area (Å²) in [5, 5.41) is 7.41. The van der Waals surface area contributed by atoms with Gasteiger partial charge in [0.15, 0.2) is 0 Å². The fourth-order valence-electron chi connectivity index (χ4n) is 4.27. The first-order valence-corrected chi connectivity index (χ1v) is 13.4. The molecule has 186 valence electrons. The van der Waals surface area contributed by atoms with Crippen LogP contribution in [0.25, 0.3) is 0 Å². The second-order valence-electron chi connectivity index (χ2n) is 8.91. The van der Waals surface area contributed by atoms with E-state index in [9.17, 15) is 4.79 Å². The largest absolute Gasteiger partial charge is 0.486 e. The third-order valence-corrected chi connectivity index (χ3v) is 7.00. The normalized spacial score (nSPS) is 14.5. The molecule has 0 bridgehead atoms. The van der Waals surface area contributed by atoms with Crippen molar-refractivity contribution in [2.75, 3.05) is 43.5 Å². The van der Waals surface area contributed by atoms with Crippen molar-refractivity contribution >= 4 is 28.7 Å². The SMILES string of the molecule is CCCCCc1ncc2c(n1)N(C)CCN(c1cccc(O[C@@H](CCNC)c3ccsc3)c1)C2=O. The van der Waals surface area contributed by atoms with Crippen LogP contribution in [0, 0.1) is 0 Å². The Morgan fingerprint density at radius 3 is 2.89 bits per heavy atom. The molecule has 1 aliphatic rings. The van der Waals surface area contributed by atoms with E-state index in [1.807, 2.05) is 43.3 Å². The van der Waals surface area contributed by atoms with E-state index in [-0.39, 0.29) is 12.0 Å². The summed E-state index contributed by atoms with van der Waals surface area (Å²) in [5.41, 5.74) is 2.53. The van der Waals surface area contributed by atoms with Gasteiger partial charge >= 0.3 is 0 Å². The fourth-order valence-corrected chi connectivity index (χ4v) is 4.97. The lowest BCUT2D eigenvalue weighted by Gasteiger charge is -2.23. The minimum Gasteiger partial charge on any atom is -0.486 e. The average Bonchev–Trinajstić information content (AvgIpc) is 3.38. The van der Waals surface area contributed by atoms with Crippen molar-refractivity contribution in [1.82, 2.24) is 15.3 Å². The molecular weight excluding hydrogens is 458 g/mol. The van der Waals surface area contributed by atoms with Crippen molar-refractivity contribution in [2.24, 2.45) is 0 Å². The highest BCUT2D eigenvalue weighted by Crippen LogP contribution is 2.31. The summed E-state index contributed by atoms with van der Waals surface area (Å²) in [6.45, 7) is 4.29. The zero-order valence-corrected chi connectivity index (χ0v) is 21.7. The number of likely N-dealkylation sites (N-methyl/N-ethyl adjacent to an activating group) is 1. The Bertz CT molecular complexity index is 1100. The molecule has 7 nitrogen and oxygen atoms in total. The molecule has 0 unspecified atom stereocenters. The molecule has 2 aromatic heterocycles. The van der Waals surface area contributed by atoms with Crippen LogP contribution in [0.5, 0.6) is 5.75 Å². The molecule has 1 amide bonds.